The number of ether oxygens (including phenoxy) is 3. The molecule has 0 saturated heterocycles. The molecule has 0 radical (unpaired) electrons. The minimum absolute atomic E-state index is 0.110. The maximum absolute atomic E-state index is 12.3. The van der Waals surface area contributed by atoms with Gasteiger partial charge < -0.3 is 14.2 Å². The van der Waals surface area contributed by atoms with Gasteiger partial charge in [-0.15, -0.1) is 0 Å². The van der Waals surface area contributed by atoms with Crippen LogP contribution in [0, 0.1) is 0 Å². The fraction of sp³-hybridized carbons (Fsp3) is 0.150. The standard InChI is InChI=1S/C20H16ClN3O4/c1-26-14-7-6-12-8-13(19(21)23-15(12)9-14)10-22-24-20(25)18-11-27-16-4-2-3-5-17(16)28-18/h2-10,18H,11H2,1H3,(H,24,25)/b22-10+. The lowest BCUT2D eigenvalue weighted by atomic mass is 10.1. The third-order valence-electron chi connectivity index (χ3n) is 4.18. The van der Waals surface area contributed by atoms with Gasteiger partial charge in [-0.3, -0.25) is 4.79 Å². The third kappa shape index (κ3) is 3.70. The van der Waals surface area contributed by atoms with E-state index in [0.717, 1.165) is 5.39 Å². The number of carbonyl (C=O) groups excluding carboxylic acids is 1. The number of hydrazone groups is 1. The molecule has 3 aromatic rings. The van der Waals surface area contributed by atoms with E-state index in [-0.39, 0.29) is 11.8 Å². The molecular weight excluding hydrogens is 382 g/mol. The molecule has 8 heteroatoms. The van der Waals surface area contributed by atoms with Gasteiger partial charge in [0.05, 0.1) is 18.8 Å². The molecule has 0 aliphatic carbocycles. The first-order valence-corrected chi connectivity index (χ1v) is 8.87. The van der Waals surface area contributed by atoms with Crippen molar-refractivity contribution in [1.82, 2.24) is 10.4 Å². The van der Waals surface area contributed by atoms with Crippen LogP contribution < -0.4 is 19.6 Å². The highest BCUT2D eigenvalue weighted by atomic mass is 35.5. The minimum atomic E-state index is -0.787. The van der Waals surface area contributed by atoms with Gasteiger partial charge in [-0.25, -0.2) is 10.4 Å². The Kier molecular flexibility index (Phi) is 4.99. The summed E-state index contributed by atoms with van der Waals surface area (Å²) in [7, 11) is 1.59. The Morgan fingerprint density at radius 1 is 1.29 bits per heavy atom. The summed E-state index contributed by atoms with van der Waals surface area (Å²) in [4.78, 5) is 16.6. The van der Waals surface area contributed by atoms with Gasteiger partial charge >= 0.3 is 0 Å². The Bertz CT molecular complexity index is 1070. The first-order chi connectivity index (χ1) is 13.6. The van der Waals surface area contributed by atoms with Crippen molar-refractivity contribution in [1.29, 1.82) is 0 Å². The fourth-order valence-corrected chi connectivity index (χ4v) is 2.94. The van der Waals surface area contributed by atoms with Gasteiger partial charge in [0.2, 0.25) is 6.10 Å². The Balaban J connectivity index is 1.44. The molecule has 1 atom stereocenters. The zero-order valence-electron chi connectivity index (χ0n) is 14.9. The number of hydrogen-bond donors (Lipinski definition) is 1. The van der Waals surface area contributed by atoms with Crippen LogP contribution in [0.25, 0.3) is 10.9 Å². The highest BCUT2D eigenvalue weighted by Gasteiger charge is 2.27. The third-order valence-corrected chi connectivity index (χ3v) is 4.49. The maximum atomic E-state index is 12.3. The monoisotopic (exact) mass is 397 g/mol. The van der Waals surface area contributed by atoms with Crippen molar-refractivity contribution >= 4 is 34.6 Å². The molecule has 1 aliphatic heterocycles. The number of benzene rings is 2. The van der Waals surface area contributed by atoms with E-state index in [1.54, 1.807) is 25.3 Å². The topological polar surface area (TPSA) is 82.0 Å². The summed E-state index contributed by atoms with van der Waals surface area (Å²) < 4.78 is 16.4. The number of halogens is 1. The zero-order valence-corrected chi connectivity index (χ0v) is 15.6. The van der Waals surface area contributed by atoms with Crippen LogP contribution in [-0.4, -0.2) is 36.9 Å². The first kappa shape index (κ1) is 18.1. The summed E-state index contributed by atoms with van der Waals surface area (Å²) in [5, 5.41) is 5.11. The predicted molar refractivity (Wildman–Crippen MR) is 105 cm³/mol. The normalized spacial score (nSPS) is 15.6. The van der Waals surface area contributed by atoms with E-state index in [9.17, 15) is 4.79 Å². The molecule has 4 rings (SSSR count). The van der Waals surface area contributed by atoms with Crippen LogP contribution in [0.5, 0.6) is 17.2 Å². The molecule has 142 valence electrons. The zero-order chi connectivity index (χ0) is 19.5. The molecule has 0 spiro atoms. The summed E-state index contributed by atoms with van der Waals surface area (Å²) >= 11 is 6.22. The number of methoxy groups -OCH3 is 1. The number of nitrogens with one attached hydrogen (secondary N) is 1. The van der Waals surface area contributed by atoms with Crippen LogP contribution in [0.15, 0.2) is 53.6 Å². The molecule has 1 amide bonds. The number of hydrogen-bond acceptors (Lipinski definition) is 6. The number of aromatic nitrogens is 1. The van der Waals surface area contributed by atoms with E-state index in [1.165, 1.54) is 6.21 Å². The largest absolute Gasteiger partial charge is 0.497 e. The first-order valence-electron chi connectivity index (χ1n) is 8.50. The van der Waals surface area contributed by atoms with Gasteiger partial charge in [-0.05, 0) is 30.3 Å². The summed E-state index contributed by atoms with van der Waals surface area (Å²) in [6, 6.07) is 14.5. The quantitative estimate of drug-likeness (QED) is 0.415. The van der Waals surface area contributed by atoms with Gasteiger partial charge in [0.1, 0.15) is 17.5 Å². The molecule has 0 saturated carbocycles. The Morgan fingerprint density at radius 3 is 2.93 bits per heavy atom. The summed E-state index contributed by atoms with van der Waals surface area (Å²) in [5.41, 5.74) is 3.72. The van der Waals surface area contributed by atoms with E-state index < -0.39 is 12.0 Å². The number of amides is 1. The lowest BCUT2D eigenvalue weighted by Gasteiger charge is -2.24. The summed E-state index contributed by atoms with van der Waals surface area (Å²) in [5.74, 6) is 1.41. The maximum Gasteiger partial charge on any atom is 0.284 e. The average molecular weight is 398 g/mol. The Hall–Kier alpha value is -3.32. The second-order valence-electron chi connectivity index (χ2n) is 6.03. The smallest absolute Gasteiger partial charge is 0.284 e. The molecular formula is C20H16ClN3O4. The predicted octanol–water partition coefficient (Wildman–Crippen LogP) is 3.19. The highest BCUT2D eigenvalue weighted by Crippen LogP contribution is 2.30. The van der Waals surface area contributed by atoms with Crippen molar-refractivity contribution in [3.8, 4) is 17.2 Å². The van der Waals surface area contributed by atoms with Crippen LogP contribution in [0.4, 0.5) is 0 Å². The molecule has 1 N–H and O–H groups in total. The Morgan fingerprint density at radius 2 is 2.11 bits per heavy atom. The van der Waals surface area contributed by atoms with E-state index in [1.807, 2.05) is 30.3 Å². The fourth-order valence-electron chi connectivity index (χ4n) is 2.74. The van der Waals surface area contributed by atoms with Crippen LogP contribution in [-0.2, 0) is 4.79 Å². The van der Waals surface area contributed by atoms with Gasteiger partial charge in [-0.1, -0.05) is 23.7 Å². The van der Waals surface area contributed by atoms with Crippen molar-refractivity contribution in [2.45, 2.75) is 6.10 Å². The number of rotatable bonds is 4. The Labute approximate surface area is 165 Å². The van der Waals surface area contributed by atoms with Gasteiger partial charge in [-0.2, -0.15) is 5.10 Å². The number of para-hydroxylation sites is 2. The molecule has 0 bridgehead atoms. The SMILES string of the molecule is COc1ccc2cc(/C=N/NC(=O)C3COc4ccccc4O3)c(Cl)nc2c1. The molecule has 7 nitrogen and oxygen atoms in total. The van der Waals surface area contributed by atoms with Crippen molar-refractivity contribution < 1.29 is 19.0 Å². The van der Waals surface area contributed by atoms with E-state index in [0.29, 0.717) is 28.3 Å². The van der Waals surface area contributed by atoms with Crippen molar-refractivity contribution in [2.24, 2.45) is 5.10 Å². The second kappa shape index (κ2) is 7.74. The minimum Gasteiger partial charge on any atom is -0.497 e. The number of carbonyl (C=O) groups is 1. The van der Waals surface area contributed by atoms with Crippen LogP contribution in [0.1, 0.15) is 5.56 Å². The van der Waals surface area contributed by atoms with Gasteiger partial charge in [0, 0.05) is 17.0 Å². The number of pyridine rings is 1. The number of nitrogens with zero attached hydrogens (tertiary/aromatic N) is 2. The van der Waals surface area contributed by atoms with Crippen LogP contribution in [0.2, 0.25) is 5.15 Å². The molecule has 1 unspecified atom stereocenters. The van der Waals surface area contributed by atoms with Crippen molar-refractivity contribution in [3.63, 3.8) is 0 Å². The number of fused-ring (bicyclic) bond motifs is 2. The summed E-state index contributed by atoms with van der Waals surface area (Å²) in [6.45, 7) is 0.110. The lowest BCUT2D eigenvalue weighted by Crippen LogP contribution is -2.42. The average Bonchev–Trinajstić information content (AvgIpc) is 2.73. The van der Waals surface area contributed by atoms with Crippen LogP contribution in [0.3, 0.4) is 0 Å². The van der Waals surface area contributed by atoms with Crippen LogP contribution >= 0.6 is 11.6 Å². The molecule has 1 aromatic heterocycles. The molecule has 1 aliphatic rings. The molecule has 2 heterocycles. The van der Waals surface area contributed by atoms with E-state index >= 15 is 0 Å². The van der Waals surface area contributed by atoms with Crippen molar-refractivity contribution in [2.75, 3.05) is 13.7 Å². The van der Waals surface area contributed by atoms with Gasteiger partial charge in [0.25, 0.3) is 5.91 Å². The highest BCUT2D eigenvalue weighted by molar-refractivity contribution is 6.32. The molecule has 2 aromatic carbocycles. The lowest BCUT2D eigenvalue weighted by molar-refractivity contribution is -0.130. The van der Waals surface area contributed by atoms with Gasteiger partial charge in [0.15, 0.2) is 11.5 Å². The summed E-state index contributed by atoms with van der Waals surface area (Å²) in [6.07, 6.45) is 0.652. The van der Waals surface area contributed by atoms with Crippen molar-refractivity contribution in [3.05, 3.63) is 59.2 Å². The van der Waals surface area contributed by atoms with E-state index in [2.05, 4.69) is 15.5 Å². The second-order valence-corrected chi connectivity index (χ2v) is 6.38. The van der Waals surface area contributed by atoms with E-state index in [4.69, 9.17) is 25.8 Å². The molecule has 28 heavy (non-hydrogen) atoms. The molecule has 0 fully saturated rings.